The average Bonchev–Trinajstić information content (AvgIpc) is 2.59. The van der Waals surface area contributed by atoms with E-state index in [0.29, 0.717) is 0 Å². The molecule has 0 aliphatic carbocycles. The first-order chi connectivity index (χ1) is 12.4. The van der Waals surface area contributed by atoms with Crippen LogP contribution >= 0.6 is 0 Å². The summed E-state index contributed by atoms with van der Waals surface area (Å²) in [5, 5.41) is 51.7. The van der Waals surface area contributed by atoms with Crippen LogP contribution in [0.2, 0.25) is 0 Å². The smallest absolute Gasteiger partial charge is 0.367 e. The number of aliphatic hydroxyl groups is 5. The minimum absolute atomic E-state index is 0.577. The van der Waals surface area contributed by atoms with Gasteiger partial charge in [-0.2, -0.15) is 0 Å². The number of hydrogen-bond acceptors (Lipinski definition) is 10. The predicted molar refractivity (Wildman–Crippen MR) is 86.8 cm³/mol. The number of aliphatic hydroxyl groups excluding tert-OH is 4. The summed E-state index contributed by atoms with van der Waals surface area (Å²) in [5.41, 5.74) is 0. The normalized spacial score (nSPS) is 30.1. The van der Waals surface area contributed by atoms with Crippen LogP contribution in [0.5, 0.6) is 0 Å². The Balaban J connectivity index is 3.02. The number of rotatable bonds is 7. The first kappa shape index (κ1) is 23.2. The molecule has 12 heteroatoms. The van der Waals surface area contributed by atoms with Crippen LogP contribution in [0.25, 0.3) is 0 Å². The van der Waals surface area contributed by atoms with Crippen molar-refractivity contribution in [3.8, 4) is 0 Å². The number of amides is 2. The van der Waals surface area contributed by atoms with Gasteiger partial charge in [-0.1, -0.05) is 0 Å². The lowest BCUT2D eigenvalue weighted by Crippen LogP contribution is -2.67. The summed E-state index contributed by atoms with van der Waals surface area (Å²) in [4.78, 5) is 36.1. The fourth-order valence-corrected chi connectivity index (χ4v) is 2.50. The van der Waals surface area contributed by atoms with Crippen LogP contribution < -0.4 is 5.32 Å². The number of hydrogen-bond donors (Lipinski definition) is 6. The molecule has 1 aliphatic rings. The molecule has 0 saturated carbocycles. The van der Waals surface area contributed by atoms with Gasteiger partial charge in [-0.15, -0.1) is 0 Å². The van der Waals surface area contributed by atoms with Crippen molar-refractivity contribution >= 4 is 17.8 Å². The third-order valence-electron chi connectivity index (χ3n) is 4.02. The second kappa shape index (κ2) is 9.39. The van der Waals surface area contributed by atoms with Crippen molar-refractivity contribution in [2.75, 3.05) is 27.3 Å². The molecule has 1 heterocycles. The second-order valence-electron chi connectivity index (χ2n) is 6.47. The van der Waals surface area contributed by atoms with Gasteiger partial charge in [0.15, 0.2) is 6.61 Å². The molecule has 1 fully saturated rings. The van der Waals surface area contributed by atoms with E-state index in [1.54, 1.807) is 0 Å². The summed E-state index contributed by atoms with van der Waals surface area (Å²) in [7, 11) is 2.85. The zero-order valence-electron chi connectivity index (χ0n) is 15.2. The molecule has 0 spiro atoms. The summed E-state index contributed by atoms with van der Waals surface area (Å²) in [6.45, 7) is -0.458. The standard InChI is InChI=1S/C15H26N2O10/c1-7(19)16-11-8(20)4-15(25,14(24)26-6-10(22)17(2)3)27-13(11)12(23)9(21)5-18/h8-9,11-13,18,20-21,23,25H,4-6H2,1-3H3,(H,16,19). The first-order valence-electron chi connectivity index (χ1n) is 8.12. The van der Waals surface area contributed by atoms with E-state index >= 15 is 0 Å². The number of ether oxygens (including phenoxy) is 2. The number of carbonyl (C=O) groups is 3. The van der Waals surface area contributed by atoms with E-state index in [-0.39, 0.29) is 0 Å². The van der Waals surface area contributed by atoms with Gasteiger partial charge in [0.2, 0.25) is 5.91 Å². The molecule has 0 radical (unpaired) electrons. The molecule has 6 unspecified atom stereocenters. The van der Waals surface area contributed by atoms with Crippen molar-refractivity contribution in [3.63, 3.8) is 0 Å². The summed E-state index contributed by atoms with van der Waals surface area (Å²) in [6.07, 6.45) is -7.58. The molecular weight excluding hydrogens is 368 g/mol. The van der Waals surface area contributed by atoms with Crippen molar-refractivity contribution in [2.24, 2.45) is 0 Å². The van der Waals surface area contributed by atoms with Crippen LogP contribution in [0.3, 0.4) is 0 Å². The lowest BCUT2D eigenvalue weighted by atomic mass is 9.88. The number of nitrogens with one attached hydrogen (secondary N) is 1. The Morgan fingerprint density at radius 1 is 1.33 bits per heavy atom. The SMILES string of the molecule is CC(=O)NC1C(O)CC(O)(C(=O)OCC(=O)N(C)C)OC1C(O)C(O)CO. The molecule has 0 bridgehead atoms. The largest absolute Gasteiger partial charge is 0.452 e. The Morgan fingerprint density at radius 2 is 1.93 bits per heavy atom. The summed E-state index contributed by atoms with van der Waals surface area (Å²) in [6, 6.07) is -1.30. The Hall–Kier alpha value is -1.83. The highest BCUT2D eigenvalue weighted by molar-refractivity contribution is 5.83. The van der Waals surface area contributed by atoms with Crippen LogP contribution in [0, 0.1) is 0 Å². The number of esters is 1. The van der Waals surface area contributed by atoms with Crippen molar-refractivity contribution in [1.29, 1.82) is 0 Å². The topological polar surface area (TPSA) is 186 Å². The molecule has 0 aromatic carbocycles. The minimum Gasteiger partial charge on any atom is -0.452 e. The quantitative estimate of drug-likeness (QED) is 0.231. The van der Waals surface area contributed by atoms with Gasteiger partial charge in [0.25, 0.3) is 11.7 Å². The summed E-state index contributed by atoms with van der Waals surface area (Å²) >= 11 is 0. The fraction of sp³-hybridized carbons (Fsp3) is 0.800. The van der Waals surface area contributed by atoms with Crippen LogP contribution in [0.15, 0.2) is 0 Å². The van der Waals surface area contributed by atoms with E-state index in [2.05, 4.69) is 5.32 Å². The highest BCUT2D eigenvalue weighted by Crippen LogP contribution is 2.31. The predicted octanol–water partition coefficient (Wildman–Crippen LogP) is -4.32. The third kappa shape index (κ3) is 5.82. The lowest BCUT2D eigenvalue weighted by Gasteiger charge is -2.45. The van der Waals surface area contributed by atoms with E-state index in [1.165, 1.54) is 14.1 Å². The zero-order valence-corrected chi connectivity index (χ0v) is 15.2. The molecule has 1 aliphatic heterocycles. The Labute approximate surface area is 155 Å². The lowest BCUT2D eigenvalue weighted by molar-refractivity contribution is -0.297. The highest BCUT2D eigenvalue weighted by Gasteiger charge is 2.54. The number of carbonyl (C=O) groups excluding carboxylic acids is 3. The Morgan fingerprint density at radius 3 is 2.41 bits per heavy atom. The summed E-state index contributed by atoms with van der Waals surface area (Å²) < 4.78 is 9.85. The van der Waals surface area contributed by atoms with Gasteiger partial charge in [0.05, 0.1) is 18.8 Å². The van der Waals surface area contributed by atoms with Crippen molar-refractivity contribution in [2.45, 2.75) is 49.6 Å². The van der Waals surface area contributed by atoms with E-state index in [9.17, 15) is 34.8 Å². The zero-order chi connectivity index (χ0) is 20.9. The Bertz CT molecular complexity index is 557. The van der Waals surface area contributed by atoms with Gasteiger partial charge in [-0.25, -0.2) is 4.79 Å². The van der Waals surface area contributed by atoms with Crippen LogP contribution in [-0.4, -0.2) is 112 Å². The highest BCUT2D eigenvalue weighted by atomic mass is 16.7. The van der Waals surface area contributed by atoms with Gasteiger partial charge >= 0.3 is 5.97 Å². The molecule has 6 N–H and O–H groups in total. The van der Waals surface area contributed by atoms with Crippen molar-refractivity contribution < 1.29 is 49.4 Å². The minimum atomic E-state index is -2.75. The summed E-state index contributed by atoms with van der Waals surface area (Å²) in [5.74, 6) is -5.33. The molecule has 6 atom stereocenters. The van der Waals surface area contributed by atoms with E-state index in [4.69, 9.17) is 14.6 Å². The van der Waals surface area contributed by atoms with E-state index in [1.807, 2.05) is 0 Å². The van der Waals surface area contributed by atoms with Gasteiger partial charge in [-0.3, -0.25) is 9.59 Å². The van der Waals surface area contributed by atoms with Crippen molar-refractivity contribution in [3.05, 3.63) is 0 Å². The van der Waals surface area contributed by atoms with Gasteiger partial charge in [0, 0.05) is 27.4 Å². The number of nitrogens with zero attached hydrogens (tertiary/aromatic N) is 1. The van der Waals surface area contributed by atoms with E-state index < -0.39 is 73.7 Å². The van der Waals surface area contributed by atoms with E-state index in [0.717, 1.165) is 11.8 Å². The molecule has 27 heavy (non-hydrogen) atoms. The maximum Gasteiger partial charge on any atom is 0.367 e. The molecule has 0 aromatic heterocycles. The van der Waals surface area contributed by atoms with Gasteiger partial charge in [0.1, 0.15) is 18.3 Å². The molecule has 12 nitrogen and oxygen atoms in total. The Kier molecular flexibility index (Phi) is 8.07. The van der Waals surface area contributed by atoms with Crippen LogP contribution in [0.1, 0.15) is 13.3 Å². The molecule has 2 amide bonds. The average molecular weight is 394 g/mol. The first-order valence-corrected chi connectivity index (χ1v) is 8.12. The molecular formula is C15H26N2O10. The monoisotopic (exact) mass is 394 g/mol. The van der Waals surface area contributed by atoms with Crippen LogP contribution in [0.4, 0.5) is 0 Å². The maximum absolute atomic E-state index is 12.2. The second-order valence-corrected chi connectivity index (χ2v) is 6.47. The molecule has 1 rings (SSSR count). The van der Waals surface area contributed by atoms with Gasteiger partial charge in [-0.05, 0) is 0 Å². The molecule has 156 valence electrons. The van der Waals surface area contributed by atoms with Crippen molar-refractivity contribution in [1.82, 2.24) is 10.2 Å². The fourth-order valence-electron chi connectivity index (χ4n) is 2.50. The number of likely N-dealkylation sites (N-methyl/N-ethyl adjacent to an activating group) is 1. The maximum atomic E-state index is 12.2. The van der Waals surface area contributed by atoms with Crippen LogP contribution in [-0.2, 0) is 23.9 Å². The van der Waals surface area contributed by atoms with Gasteiger partial charge < -0.3 is 45.2 Å². The third-order valence-corrected chi connectivity index (χ3v) is 4.02. The molecule has 1 saturated heterocycles. The molecule has 0 aromatic rings.